The molecule has 40 heavy (non-hydrogen) atoms. The molecule has 3 aromatic carbocycles. The summed E-state index contributed by atoms with van der Waals surface area (Å²) in [5, 5.41) is 9.87. The van der Waals surface area contributed by atoms with Crippen LogP contribution in [0.2, 0.25) is 0 Å². The first-order valence-corrected chi connectivity index (χ1v) is 15.4. The first kappa shape index (κ1) is 31.2. The molecule has 0 bridgehead atoms. The number of rotatable bonds is 7. The number of aromatic nitrogens is 2. The maximum absolute atomic E-state index is 9.87. The molecule has 0 aliphatic heterocycles. The second-order valence-electron chi connectivity index (χ2n) is 11.8. The third-order valence-corrected chi connectivity index (χ3v) is 7.88. The summed E-state index contributed by atoms with van der Waals surface area (Å²) in [6.45, 7) is 21.7. The Labute approximate surface area is 243 Å². The summed E-state index contributed by atoms with van der Waals surface area (Å²) < 4.78 is 2.40. The summed E-state index contributed by atoms with van der Waals surface area (Å²) in [6, 6.07) is 24.0. The fourth-order valence-electron chi connectivity index (χ4n) is 5.86. The Bertz CT molecular complexity index is 1440. The molecular formula is C37H49N3. The van der Waals surface area contributed by atoms with E-state index in [4.69, 9.17) is 4.98 Å². The van der Waals surface area contributed by atoms with Crippen LogP contribution in [0.3, 0.4) is 0 Å². The Balaban J connectivity index is 0.00000106. The van der Waals surface area contributed by atoms with Crippen molar-refractivity contribution in [2.45, 2.75) is 93.9 Å². The standard InChI is InChI=1S/C33H37N3.2C2H6/c1-21(2)15-25-17-24(20-34)18-26(16-22(3)4)31(25)36-30-14-10-9-13-29(30)35-32(36)27-11-7-8-12-28(27)33(6)19-23(33)5;2*1-2/h7-14,17-18,21-23H,15-16,19H2,1-6H3;2*1-2H3/t23-,33?;;/m0../s1. The first-order chi connectivity index (χ1) is 19.2. The molecule has 0 radical (unpaired) electrons. The molecule has 2 atom stereocenters. The van der Waals surface area contributed by atoms with Gasteiger partial charge in [0.05, 0.1) is 28.4 Å². The molecule has 1 fully saturated rings. The highest BCUT2D eigenvalue weighted by molar-refractivity contribution is 5.85. The van der Waals surface area contributed by atoms with Crippen molar-refractivity contribution < 1.29 is 0 Å². The highest BCUT2D eigenvalue weighted by Crippen LogP contribution is 2.56. The lowest BCUT2D eigenvalue weighted by Gasteiger charge is -2.23. The van der Waals surface area contributed by atoms with E-state index in [-0.39, 0.29) is 5.41 Å². The predicted octanol–water partition coefficient (Wildman–Crippen LogP) is 10.3. The minimum atomic E-state index is 0.186. The predicted molar refractivity (Wildman–Crippen MR) is 172 cm³/mol. The van der Waals surface area contributed by atoms with Crippen LogP contribution < -0.4 is 0 Å². The average molecular weight is 536 g/mol. The zero-order valence-corrected chi connectivity index (χ0v) is 26.5. The van der Waals surface area contributed by atoms with Gasteiger partial charge in [0.15, 0.2) is 0 Å². The minimum absolute atomic E-state index is 0.186. The van der Waals surface area contributed by atoms with Gasteiger partial charge in [-0.05, 0) is 83.4 Å². The summed E-state index contributed by atoms with van der Waals surface area (Å²) >= 11 is 0. The smallest absolute Gasteiger partial charge is 0.146 e. The lowest BCUT2D eigenvalue weighted by atomic mass is 9.90. The normalized spacial score (nSPS) is 17.6. The fraction of sp³-hybridized carbons (Fsp3) is 0.459. The van der Waals surface area contributed by atoms with Crippen molar-refractivity contribution in [2.24, 2.45) is 17.8 Å². The van der Waals surface area contributed by atoms with Crippen molar-refractivity contribution in [1.82, 2.24) is 9.55 Å². The second kappa shape index (κ2) is 13.3. The molecule has 4 aromatic rings. The van der Waals surface area contributed by atoms with Gasteiger partial charge < -0.3 is 0 Å². The van der Waals surface area contributed by atoms with Crippen LogP contribution in [-0.4, -0.2) is 9.55 Å². The van der Waals surface area contributed by atoms with Crippen LogP contribution in [0.15, 0.2) is 60.7 Å². The van der Waals surface area contributed by atoms with E-state index in [1.165, 1.54) is 34.4 Å². The van der Waals surface area contributed by atoms with Gasteiger partial charge in [0.25, 0.3) is 0 Å². The molecule has 0 amide bonds. The van der Waals surface area contributed by atoms with E-state index < -0.39 is 0 Å². The van der Waals surface area contributed by atoms with E-state index in [1.807, 2.05) is 27.7 Å². The lowest BCUT2D eigenvalue weighted by Crippen LogP contribution is -2.12. The average Bonchev–Trinajstić information content (AvgIpc) is 3.40. The maximum atomic E-state index is 9.87. The summed E-state index contributed by atoms with van der Waals surface area (Å²) in [7, 11) is 0. The van der Waals surface area contributed by atoms with Gasteiger partial charge in [0, 0.05) is 5.56 Å². The number of benzene rings is 3. The number of hydrogen-bond donors (Lipinski definition) is 0. The number of nitriles is 1. The van der Waals surface area contributed by atoms with E-state index in [9.17, 15) is 5.26 Å². The summed E-state index contributed by atoms with van der Waals surface area (Å²) in [4.78, 5) is 5.27. The van der Waals surface area contributed by atoms with Gasteiger partial charge in [-0.3, -0.25) is 4.57 Å². The largest absolute Gasteiger partial charge is 0.292 e. The van der Waals surface area contributed by atoms with Crippen LogP contribution in [0.25, 0.3) is 28.1 Å². The number of fused-ring (bicyclic) bond motifs is 1. The second-order valence-corrected chi connectivity index (χ2v) is 11.8. The topological polar surface area (TPSA) is 41.6 Å². The molecule has 1 aliphatic carbocycles. The molecule has 1 saturated carbocycles. The zero-order valence-electron chi connectivity index (χ0n) is 26.5. The first-order valence-electron chi connectivity index (χ1n) is 15.4. The number of para-hydroxylation sites is 2. The Morgan fingerprint density at radius 1 is 0.900 bits per heavy atom. The van der Waals surface area contributed by atoms with Gasteiger partial charge >= 0.3 is 0 Å². The highest BCUT2D eigenvalue weighted by atomic mass is 15.1. The zero-order chi connectivity index (χ0) is 29.6. The van der Waals surface area contributed by atoms with Gasteiger partial charge in [-0.25, -0.2) is 4.98 Å². The third kappa shape index (κ3) is 6.17. The number of nitrogens with zero attached hydrogens (tertiary/aromatic N) is 3. The molecule has 0 saturated heterocycles. The molecule has 1 unspecified atom stereocenters. The van der Waals surface area contributed by atoms with Crippen molar-refractivity contribution in [1.29, 1.82) is 5.26 Å². The Hall–Kier alpha value is -3.38. The van der Waals surface area contributed by atoms with Crippen LogP contribution >= 0.6 is 0 Å². The summed E-state index contributed by atoms with van der Waals surface area (Å²) in [5.74, 6) is 2.62. The van der Waals surface area contributed by atoms with E-state index in [2.05, 4.69) is 113 Å². The molecule has 3 heteroatoms. The van der Waals surface area contributed by atoms with Crippen LogP contribution in [0, 0.1) is 29.1 Å². The Morgan fingerprint density at radius 3 is 1.95 bits per heavy atom. The van der Waals surface area contributed by atoms with Crippen molar-refractivity contribution in [3.05, 3.63) is 82.9 Å². The molecule has 5 rings (SSSR count). The monoisotopic (exact) mass is 535 g/mol. The Morgan fingerprint density at radius 2 is 1.43 bits per heavy atom. The molecule has 1 aromatic heterocycles. The van der Waals surface area contributed by atoms with Gasteiger partial charge in [-0.1, -0.05) is 106 Å². The fourth-order valence-corrected chi connectivity index (χ4v) is 5.86. The van der Waals surface area contributed by atoms with Gasteiger partial charge in [0.1, 0.15) is 5.82 Å². The van der Waals surface area contributed by atoms with Crippen LogP contribution in [0.5, 0.6) is 0 Å². The van der Waals surface area contributed by atoms with Crippen LogP contribution in [0.4, 0.5) is 0 Å². The van der Waals surface area contributed by atoms with E-state index in [0.29, 0.717) is 17.8 Å². The van der Waals surface area contributed by atoms with E-state index in [1.54, 1.807) is 0 Å². The van der Waals surface area contributed by atoms with Gasteiger partial charge in [0.2, 0.25) is 0 Å². The van der Waals surface area contributed by atoms with Gasteiger partial charge in [-0.2, -0.15) is 5.26 Å². The summed E-state index contributed by atoms with van der Waals surface area (Å²) in [5.41, 5.74) is 9.34. The highest BCUT2D eigenvalue weighted by Gasteiger charge is 2.49. The van der Waals surface area contributed by atoms with Gasteiger partial charge in [-0.15, -0.1) is 0 Å². The minimum Gasteiger partial charge on any atom is -0.292 e. The van der Waals surface area contributed by atoms with Crippen molar-refractivity contribution in [3.63, 3.8) is 0 Å². The van der Waals surface area contributed by atoms with E-state index in [0.717, 1.165) is 35.3 Å². The Kier molecular flexibility index (Phi) is 10.4. The molecule has 0 N–H and O–H groups in total. The summed E-state index contributed by atoms with van der Waals surface area (Å²) in [6.07, 6.45) is 3.04. The maximum Gasteiger partial charge on any atom is 0.146 e. The molecule has 0 spiro atoms. The lowest BCUT2D eigenvalue weighted by molar-refractivity contribution is 0.631. The van der Waals surface area contributed by atoms with Crippen LogP contribution in [0.1, 0.15) is 97.9 Å². The van der Waals surface area contributed by atoms with E-state index >= 15 is 0 Å². The quantitative estimate of drug-likeness (QED) is 0.236. The molecule has 3 nitrogen and oxygen atoms in total. The third-order valence-electron chi connectivity index (χ3n) is 7.88. The molecule has 1 heterocycles. The van der Waals surface area contributed by atoms with Crippen molar-refractivity contribution in [2.75, 3.05) is 0 Å². The molecule has 212 valence electrons. The molecular weight excluding hydrogens is 486 g/mol. The van der Waals surface area contributed by atoms with Crippen molar-refractivity contribution in [3.8, 4) is 23.1 Å². The van der Waals surface area contributed by atoms with Crippen molar-refractivity contribution >= 4 is 11.0 Å². The van der Waals surface area contributed by atoms with Crippen LogP contribution in [-0.2, 0) is 18.3 Å². The number of hydrogen-bond acceptors (Lipinski definition) is 2. The SMILES string of the molecule is CC.CC.CC(C)Cc1cc(C#N)cc(CC(C)C)c1-n1c(-c2ccccc2C2(C)C[C@@H]2C)nc2ccccc21. The number of imidazole rings is 1. The molecule has 1 aliphatic rings.